The molecule has 1 aliphatic carbocycles. The van der Waals surface area contributed by atoms with E-state index in [0.717, 1.165) is 24.6 Å². The first-order valence-electron chi connectivity index (χ1n) is 6.57. The SMILES string of the molecule is CCCCN(c1cncc(CNC)n1)C1CC1. The van der Waals surface area contributed by atoms with Crippen molar-refractivity contribution in [2.75, 3.05) is 18.5 Å². The van der Waals surface area contributed by atoms with Crippen LogP contribution in [0.4, 0.5) is 5.82 Å². The molecule has 0 atom stereocenters. The highest BCUT2D eigenvalue weighted by atomic mass is 15.2. The predicted molar refractivity (Wildman–Crippen MR) is 70.1 cm³/mol. The Balaban J connectivity index is 2.08. The van der Waals surface area contributed by atoms with Crippen LogP contribution < -0.4 is 10.2 Å². The number of anilines is 1. The van der Waals surface area contributed by atoms with Gasteiger partial charge in [-0.25, -0.2) is 4.98 Å². The lowest BCUT2D eigenvalue weighted by molar-refractivity contribution is 0.695. The van der Waals surface area contributed by atoms with Crippen molar-refractivity contribution in [1.82, 2.24) is 15.3 Å². The zero-order valence-electron chi connectivity index (χ0n) is 10.8. The Morgan fingerprint density at radius 1 is 1.41 bits per heavy atom. The summed E-state index contributed by atoms with van der Waals surface area (Å²) < 4.78 is 0. The van der Waals surface area contributed by atoms with E-state index in [-0.39, 0.29) is 0 Å². The minimum absolute atomic E-state index is 0.709. The second kappa shape index (κ2) is 5.96. The van der Waals surface area contributed by atoms with Crippen LogP contribution in [-0.4, -0.2) is 29.6 Å². The summed E-state index contributed by atoms with van der Waals surface area (Å²) in [5.41, 5.74) is 1.02. The van der Waals surface area contributed by atoms with Crippen LogP contribution >= 0.6 is 0 Å². The molecule has 0 radical (unpaired) electrons. The van der Waals surface area contributed by atoms with Gasteiger partial charge in [0.1, 0.15) is 5.82 Å². The molecule has 2 rings (SSSR count). The molecule has 0 aliphatic heterocycles. The lowest BCUT2D eigenvalue weighted by Gasteiger charge is -2.23. The summed E-state index contributed by atoms with van der Waals surface area (Å²) in [5.74, 6) is 1.05. The minimum atomic E-state index is 0.709. The third kappa shape index (κ3) is 3.40. The number of hydrogen-bond donors (Lipinski definition) is 1. The highest BCUT2D eigenvalue weighted by Gasteiger charge is 2.29. The summed E-state index contributed by atoms with van der Waals surface area (Å²) in [6, 6.07) is 0.709. The summed E-state index contributed by atoms with van der Waals surface area (Å²) >= 11 is 0. The first-order chi connectivity index (χ1) is 8.35. The molecule has 1 heterocycles. The molecule has 0 unspecified atom stereocenters. The van der Waals surface area contributed by atoms with Gasteiger partial charge in [0.15, 0.2) is 0 Å². The molecule has 0 spiro atoms. The lowest BCUT2D eigenvalue weighted by atomic mass is 10.3. The van der Waals surface area contributed by atoms with Crippen molar-refractivity contribution in [1.29, 1.82) is 0 Å². The molecule has 1 aliphatic rings. The molecule has 1 N–H and O–H groups in total. The van der Waals surface area contributed by atoms with Gasteiger partial charge >= 0.3 is 0 Å². The number of hydrogen-bond acceptors (Lipinski definition) is 4. The molecular formula is C13H22N4. The Hall–Kier alpha value is -1.16. The van der Waals surface area contributed by atoms with Gasteiger partial charge in [0, 0.05) is 25.3 Å². The Morgan fingerprint density at radius 3 is 2.88 bits per heavy atom. The number of aromatic nitrogens is 2. The van der Waals surface area contributed by atoms with Gasteiger partial charge < -0.3 is 10.2 Å². The molecule has 0 bridgehead atoms. The van der Waals surface area contributed by atoms with Gasteiger partial charge in [0.25, 0.3) is 0 Å². The lowest BCUT2D eigenvalue weighted by Crippen LogP contribution is -2.28. The van der Waals surface area contributed by atoms with E-state index in [1.807, 2.05) is 19.4 Å². The molecule has 94 valence electrons. The van der Waals surface area contributed by atoms with Crippen LogP contribution in [0.2, 0.25) is 0 Å². The highest BCUT2D eigenvalue weighted by Crippen LogP contribution is 2.30. The fourth-order valence-electron chi connectivity index (χ4n) is 2.00. The Labute approximate surface area is 103 Å². The Kier molecular flexibility index (Phi) is 4.31. The van der Waals surface area contributed by atoms with Crippen molar-refractivity contribution in [3.63, 3.8) is 0 Å². The van der Waals surface area contributed by atoms with E-state index in [1.54, 1.807) is 0 Å². The van der Waals surface area contributed by atoms with E-state index in [0.29, 0.717) is 6.04 Å². The van der Waals surface area contributed by atoms with Gasteiger partial charge in [-0.15, -0.1) is 0 Å². The van der Waals surface area contributed by atoms with Crippen molar-refractivity contribution >= 4 is 5.82 Å². The molecule has 4 nitrogen and oxygen atoms in total. The van der Waals surface area contributed by atoms with Gasteiger partial charge in [0.05, 0.1) is 11.9 Å². The van der Waals surface area contributed by atoms with Crippen LogP contribution in [0.3, 0.4) is 0 Å². The molecule has 1 fully saturated rings. The first kappa shape index (κ1) is 12.3. The maximum absolute atomic E-state index is 4.68. The Morgan fingerprint density at radius 2 is 2.24 bits per heavy atom. The number of nitrogens with zero attached hydrogens (tertiary/aromatic N) is 3. The average molecular weight is 234 g/mol. The smallest absolute Gasteiger partial charge is 0.147 e. The molecule has 1 saturated carbocycles. The maximum Gasteiger partial charge on any atom is 0.147 e. The summed E-state index contributed by atoms with van der Waals surface area (Å²) in [6.07, 6.45) is 8.81. The second-order valence-corrected chi connectivity index (χ2v) is 4.68. The molecule has 0 amide bonds. The molecule has 0 saturated heterocycles. The van der Waals surface area contributed by atoms with Crippen molar-refractivity contribution in [2.45, 2.75) is 45.2 Å². The van der Waals surface area contributed by atoms with Crippen LogP contribution in [-0.2, 0) is 6.54 Å². The van der Waals surface area contributed by atoms with Crippen molar-refractivity contribution in [3.05, 3.63) is 18.1 Å². The van der Waals surface area contributed by atoms with E-state index < -0.39 is 0 Å². The van der Waals surface area contributed by atoms with Gasteiger partial charge in [0.2, 0.25) is 0 Å². The van der Waals surface area contributed by atoms with E-state index >= 15 is 0 Å². The third-order valence-electron chi connectivity index (χ3n) is 3.06. The summed E-state index contributed by atoms with van der Waals surface area (Å²) in [7, 11) is 1.93. The number of unbranched alkanes of at least 4 members (excludes halogenated alkanes) is 1. The maximum atomic E-state index is 4.68. The van der Waals surface area contributed by atoms with E-state index in [9.17, 15) is 0 Å². The van der Waals surface area contributed by atoms with Crippen molar-refractivity contribution < 1.29 is 0 Å². The van der Waals surface area contributed by atoms with Gasteiger partial charge in [-0.2, -0.15) is 0 Å². The zero-order valence-corrected chi connectivity index (χ0v) is 10.8. The monoisotopic (exact) mass is 234 g/mol. The molecule has 4 heteroatoms. The predicted octanol–water partition coefficient (Wildman–Crippen LogP) is 1.96. The van der Waals surface area contributed by atoms with Crippen LogP contribution in [0.5, 0.6) is 0 Å². The van der Waals surface area contributed by atoms with Crippen LogP contribution in [0.25, 0.3) is 0 Å². The Bertz CT molecular complexity index is 349. The summed E-state index contributed by atoms with van der Waals surface area (Å²) in [6.45, 7) is 4.13. The fourth-order valence-corrected chi connectivity index (χ4v) is 2.00. The molecule has 1 aromatic rings. The van der Waals surface area contributed by atoms with E-state index in [2.05, 4.69) is 27.1 Å². The highest BCUT2D eigenvalue weighted by molar-refractivity contribution is 5.39. The van der Waals surface area contributed by atoms with Crippen LogP contribution in [0, 0.1) is 0 Å². The van der Waals surface area contributed by atoms with Crippen LogP contribution in [0.1, 0.15) is 38.3 Å². The second-order valence-electron chi connectivity index (χ2n) is 4.68. The summed E-state index contributed by atoms with van der Waals surface area (Å²) in [5, 5.41) is 3.12. The molecule has 1 aromatic heterocycles. The molecule has 0 aromatic carbocycles. The first-order valence-corrected chi connectivity index (χ1v) is 6.57. The van der Waals surface area contributed by atoms with Gasteiger partial charge in [-0.3, -0.25) is 4.98 Å². The largest absolute Gasteiger partial charge is 0.352 e. The number of rotatable bonds is 7. The number of nitrogens with one attached hydrogen (secondary N) is 1. The normalized spacial score (nSPS) is 14.9. The van der Waals surface area contributed by atoms with E-state index in [4.69, 9.17) is 0 Å². The van der Waals surface area contributed by atoms with E-state index in [1.165, 1.54) is 25.7 Å². The van der Waals surface area contributed by atoms with Crippen LogP contribution in [0.15, 0.2) is 12.4 Å². The topological polar surface area (TPSA) is 41.1 Å². The standard InChI is InChI=1S/C13H22N4/c1-3-4-7-17(12-5-6-12)13-10-15-9-11(16-13)8-14-2/h9-10,12,14H,3-8H2,1-2H3. The minimum Gasteiger partial charge on any atom is -0.352 e. The molecular weight excluding hydrogens is 212 g/mol. The van der Waals surface area contributed by atoms with Gasteiger partial charge in [-0.1, -0.05) is 13.3 Å². The van der Waals surface area contributed by atoms with Crippen molar-refractivity contribution in [2.24, 2.45) is 0 Å². The average Bonchev–Trinajstić information content (AvgIpc) is 3.15. The summed E-state index contributed by atoms with van der Waals surface area (Å²) in [4.78, 5) is 11.4. The van der Waals surface area contributed by atoms with Crippen molar-refractivity contribution in [3.8, 4) is 0 Å². The fraction of sp³-hybridized carbons (Fsp3) is 0.692. The van der Waals surface area contributed by atoms with Gasteiger partial charge in [-0.05, 0) is 26.3 Å². The quantitative estimate of drug-likeness (QED) is 0.783. The third-order valence-corrected chi connectivity index (χ3v) is 3.06. The zero-order chi connectivity index (χ0) is 12.1. The molecule has 17 heavy (non-hydrogen) atoms.